The van der Waals surface area contributed by atoms with E-state index < -0.39 is 0 Å². The van der Waals surface area contributed by atoms with Gasteiger partial charge in [-0.05, 0) is 24.1 Å². The van der Waals surface area contributed by atoms with Gasteiger partial charge in [-0.2, -0.15) is 0 Å². The lowest BCUT2D eigenvalue weighted by Crippen LogP contribution is -2.18. The van der Waals surface area contributed by atoms with Crippen molar-refractivity contribution in [1.82, 2.24) is 14.4 Å². The summed E-state index contributed by atoms with van der Waals surface area (Å²) in [6, 6.07) is 7.17. The van der Waals surface area contributed by atoms with Crippen LogP contribution in [0.5, 0.6) is 0 Å². The molecule has 0 aliphatic heterocycles. The summed E-state index contributed by atoms with van der Waals surface area (Å²) in [6.07, 6.45) is 1.78. The molecule has 13 heavy (non-hydrogen) atoms. The third-order valence-electron chi connectivity index (χ3n) is 1.71. The van der Waals surface area contributed by atoms with Gasteiger partial charge in [0.25, 0.3) is 5.56 Å². The highest BCUT2D eigenvalue weighted by molar-refractivity contribution is 7.97. The van der Waals surface area contributed by atoms with Gasteiger partial charge < -0.3 is 0 Å². The first-order valence-corrected chi connectivity index (χ1v) is 4.90. The number of hydrogen-bond donors (Lipinski definition) is 0. The third-order valence-corrected chi connectivity index (χ3v) is 2.30. The highest BCUT2D eigenvalue weighted by atomic mass is 32.2. The number of nitrogens with zero attached hydrogens (tertiary/aromatic N) is 3. The zero-order chi connectivity index (χ0) is 9.26. The molecular formula is C8H7N3OS. The molecule has 0 radical (unpaired) electrons. The Morgan fingerprint density at radius 2 is 2.15 bits per heavy atom. The summed E-state index contributed by atoms with van der Waals surface area (Å²) in [6.45, 7) is 0. The van der Waals surface area contributed by atoms with E-state index in [1.807, 2.05) is 12.1 Å². The molecule has 0 aliphatic rings. The molecule has 0 spiro atoms. The standard InChI is InChI=1S/C8H7N3OS/c1-13-11-8(12)6-4-2-3-5-7(6)9-10-11/h2-5H,1H3. The highest BCUT2D eigenvalue weighted by Crippen LogP contribution is 2.04. The predicted octanol–water partition coefficient (Wildman–Crippen LogP) is 0.918. The minimum absolute atomic E-state index is 0.113. The first-order valence-electron chi connectivity index (χ1n) is 3.72. The second kappa shape index (κ2) is 3.18. The number of fused-ring (bicyclic) bond motifs is 1. The first-order chi connectivity index (χ1) is 6.33. The second-order valence-electron chi connectivity index (χ2n) is 2.47. The van der Waals surface area contributed by atoms with Gasteiger partial charge in [0.05, 0.1) is 5.39 Å². The molecule has 0 unspecified atom stereocenters. The van der Waals surface area contributed by atoms with Crippen LogP contribution in [0.1, 0.15) is 0 Å². The minimum Gasteiger partial charge on any atom is -0.266 e. The van der Waals surface area contributed by atoms with Crippen LogP contribution in [0, 0.1) is 0 Å². The maximum Gasteiger partial charge on any atom is 0.288 e. The zero-order valence-electron chi connectivity index (χ0n) is 6.97. The van der Waals surface area contributed by atoms with E-state index in [-0.39, 0.29) is 5.56 Å². The fourth-order valence-corrected chi connectivity index (χ4v) is 1.47. The molecule has 4 nitrogen and oxygen atoms in total. The van der Waals surface area contributed by atoms with Gasteiger partial charge in [0, 0.05) is 6.26 Å². The van der Waals surface area contributed by atoms with E-state index >= 15 is 0 Å². The van der Waals surface area contributed by atoms with Gasteiger partial charge >= 0.3 is 0 Å². The van der Waals surface area contributed by atoms with Crippen LogP contribution in [0.25, 0.3) is 10.9 Å². The van der Waals surface area contributed by atoms with Gasteiger partial charge in [-0.1, -0.05) is 17.3 Å². The molecule has 1 heterocycles. The monoisotopic (exact) mass is 193 g/mol. The molecule has 0 saturated heterocycles. The molecule has 0 fully saturated rings. The van der Waals surface area contributed by atoms with Crippen molar-refractivity contribution in [3.05, 3.63) is 34.6 Å². The minimum atomic E-state index is -0.113. The van der Waals surface area contributed by atoms with E-state index in [4.69, 9.17) is 0 Å². The van der Waals surface area contributed by atoms with Crippen molar-refractivity contribution in [2.24, 2.45) is 0 Å². The molecular weight excluding hydrogens is 186 g/mol. The SMILES string of the molecule is CSn1nnc2ccccc2c1=O. The molecule has 66 valence electrons. The molecule has 0 saturated carbocycles. The van der Waals surface area contributed by atoms with Gasteiger partial charge in [-0.15, -0.1) is 9.19 Å². The molecule has 2 rings (SSSR count). The van der Waals surface area contributed by atoms with E-state index in [2.05, 4.69) is 10.3 Å². The van der Waals surface area contributed by atoms with Crippen LogP contribution < -0.4 is 5.56 Å². The summed E-state index contributed by atoms with van der Waals surface area (Å²) < 4.78 is 1.27. The molecule has 1 aromatic carbocycles. The fraction of sp³-hybridized carbons (Fsp3) is 0.125. The number of benzene rings is 1. The Hall–Kier alpha value is -1.36. The molecule has 0 atom stereocenters. The number of hydrogen-bond acceptors (Lipinski definition) is 4. The molecule has 2 aromatic rings. The molecule has 0 aliphatic carbocycles. The summed E-state index contributed by atoms with van der Waals surface area (Å²) in [5.41, 5.74) is 0.524. The summed E-state index contributed by atoms with van der Waals surface area (Å²) in [4.78, 5) is 11.6. The average molecular weight is 193 g/mol. The maximum atomic E-state index is 11.6. The van der Waals surface area contributed by atoms with Crippen molar-refractivity contribution in [3.63, 3.8) is 0 Å². The predicted molar refractivity (Wildman–Crippen MR) is 52.7 cm³/mol. The first kappa shape index (κ1) is 8.25. The van der Waals surface area contributed by atoms with E-state index in [1.165, 1.54) is 16.0 Å². The molecule has 0 amide bonds. The van der Waals surface area contributed by atoms with E-state index in [0.29, 0.717) is 10.9 Å². The zero-order valence-corrected chi connectivity index (χ0v) is 7.78. The topological polar surface area (TPSA) is 47.8 Å². The summed E-state index contributed by atoms with van der Waals surface area (Å²) in [5, 5.41) is 8.25. The van der Waals surface area contributed by atoms with Crippen LogP contribution in [0.2, 0.25) is 0 Å². The molecule has 0 N–H and O–H groups in total. The van der Waals surface area contributed by atoms with E-state index in [9.17, 15) is 4.79 Å². The normalized spacial score (nSPS) is 10.5. The van der Waals surface area contributed by atoms with Crippen molar-refractivity contribution < 1.29 is 0 Å². The number of aromatic nitrogens is 3. The summed E-state index contributed by atoms with van der Waals surface area (Å²) in [7, 11) is 0. The Bertz CT molecular complexity index is 494. The maximum absolute atomic E-state index is 11.6. The van der Waals surface area contributed by atoms with Gasteiger partial charge in [-0.3, -0.25) is 4.79 Å². The Kier molecular flexibility index (Phi) is 2.02. The van der Waals surface area contributed by atoms with Crippen molar-refractivity contribution >= 4 is 22.9 Å². The lowest BCUT2D eigenvalue weighted by Gasteiger charge is -1.98. The second-order valence-corrected chi connectivity index (χ2v) is 3.18. The summed E-state index contributed by atoms with van der Waals surface area (Å²) in [5.74, 6) is 0. The molecule has 1 aromatic heterocycles. The molecule has 5 heteroatoms. The average Bonchev–Trinajstić information content (AvgIpc) is 2.19. The quantitative estimate of drug-likeness (QED) is 0.675. The van der Waals surface area contributed by atoms with Crippen molar-refractivity contribution in [2.75, 3.05) is 6.26 Å². The van der Waals surface area contributed by atoms with Crippen LogP contribution in [0.3, 0.4) is 0 Å². The fourth-order valence-electron chi connectivity index (χ4n) is 1.09. The van der Waals surface area contributed by atoms with Crippen LogP contribution in [0.4, 0.5) is 0 Å². The van der Waals surface area contributed by atoms with Gasteiger partial charge in [-0.25, -0.2) is 0 Å². The Morgan fingerprint density at radius 1 is 1.38 bits per heavy atom. The van der Waals surface area contributed by atoms with Gasteiger partial charge in [0.1, 0.15) is 5.52 Å². The lowest BCUT2D eigenvalue weighted by molar-refractivity contribution is 0.822. The van der Waals surface area contributed by atoms with E-state index in [1.54, 1.807) is 18.4 Å². The van der Waals surface area contributed by atoms with E-state index in [0.717, 1.165) is 0 Å². The molecule has 0 bridgehead atoms. The highest BCUT2D eigenvalue weighted by Gasteiger charge is 2.02. The summed E-state index contributed by atoms with van der Waals surface area (Å²) >= 11 is 1.24. The van der Waals surface area contributed by atoms with Crippen LogP contribution in [-0.2, 0) is 0 Å². The Balaban J connectivity index is 2.87. The Morgan fingerprint density at radius 3 is 2.92 bits per heavy atom. The van der Waals surface area contributed by atoms with Crippen molar-refractivity contribution in [1.29, 1.82) is 0 Å². The van der Waals surface area contributed by atoms with Crippen LogP contribution in [0.15, 0.2) is 29.1 Å². The van der Waals surface area contributed by atoms with Crippen molar-refractivity contribution in [2.45, 2.75) is 0 Å². The van der Waals surface area contributed by atoms with Crippen LogP contribution in [-0.4, -0.2) is 20.7 Å². The van der Waals surface area contributed by atoms with Gasteiger partial charge in [0.15, 0.2) is 0 Å². The Labute approximate surface area is 78.7 Å². The third kappa shape index (κ3) is 1.31. The largest absolute Gasteiger partial charge is 0.288 e. The number of rotatable bonds is 1. The van der Waals surface area contributed by atoms with Crippen molar-refractivity contribution in [3.8, 4) is 0 Å². The van der Waals surface area contributed by atoms with Gasteiger partial charge in [0.2, 0.25) is 0 Å². The lowest BCUT2D eigenvalue weighted by atomic mass is 10.2. The smallest absolute Gasteiger partial charge is 0.266 e. The van der Waals surface area contributed by atoms with Crippen LogP contribution >= 0.6 is 11.9 Å².